The maximum absolute atomic E-state index is 12.4. The third kappa shape index (κ3) is 9.61. The summed E-state index contributed by atoms with van der Waals surface area (Å²) >= 11 is 0. The lowest BCUT2D eigenvalue weighted by atomic mass is 9.87. The second-order valence-electron chi connectivity index (χ2n) is 10.1. The van der Waals surface area contributed by atoms with E-state index in [4.69, 9.17) is 9.47 Å². The van der Waals surface area contributed by atoms with Crippen molar-refractivity contribution in [1.82, 2.24) is 5.32 Å². The maximum Gasteiger partial charge on any atom is 0.331 e. The van der Waals surface area contributed by atoms with Crippen LogP contribution in [0.4, 0.5) is 0 Å². The minimum atomic E-state index is -0.342. The minimum Gasteiger partial charge on any atom is -0.493 e. The van der Waals surface area contributed by atoms with Gasteiger partial charge in [-0.3, -0.25) is 4.79 Å². The van der Waals surface area contributed by atoms with Crippen molar-refractivity contribution in [3.05, 3.63) is 35.9 Å². The molecule has 0 radical (unpaired) electrons. The summed E-state index contributed by atoms with van der Waals surface area (Å²) in [5.74, 6) is 1.19. The number of hydrogen-bond acceptors (Lipinski definition) is 4. The van der Waals surface area contributed by atoms with Gasteiger partial charge in [0.05, 0.1) is 6.61 Å². The van der Waals surface area contributed by atoms with Crippen molar-refractivity contribution in [2.24, 2.45) is 11.3 Å². The number of carbonyl (C=O) groups is 2. The molecule has 1 unspecified atom stereocenters. The molecule has 1 saturated carbocycles. The third-order valence-electron chi connectivity index (χ3n) is 6.67. The lowest BCUT2D eigenvalue weighted by Crippen LogP contribution is -2.45. The van der Waals surface area contributed by atoms with E-state index in [1.54, 1.807) is 6.08 Å². The largest absolute Gasteiger partial charge is 0.493 e. The Morgan fingerprint density at radius 3 is 2.39 bits per heavy atom. The highest BCUT2D eigenvalue weighted by Crippen LogP contribution is 2.25. The van der Waals surface area contributed by atoms with Crippen LogP contribution in [0.3, 0.4) is 0 Å². The molecule has 0 aliphatic heterocycles. The molecule has 0 aromatic heterocycles. The Kier molecular flexibility index (Phi) is 11.0. The van der Waals surface area contributed by atoms with Crippen LogP contribution < -0.4 is 10.1 Å². The van der Waals surface area contributed by atoms with E-state index in [0.29, 0.717) is 5.92 Å². The summed E-state index contributed by atoms with van der Waals surface area (Å²) in [7, 11) is 0. The van der Waals surface area contributed by atoms with Crippen LogP contribution in [0.25, 0.3) is 6.08 Å². The van der Waals surface area contributed by atoms with Gasteiger partial charge in [0.2, 0.25) is 5.91 Å². The summed E-state index contributed by atoms with van der Waals surface area (Å²) in [6.07, 6.45) is 10.9. The molecule has 1 N–H and O–H groups in total. The average molecular weight is 458 g/mol. The summed E-state index contributed by atoms with van der Waals surface area (Å²) < 4.78 is 11.5. The Morgan fingerprint density at radius 2 is 1.79 bits per heavy atom. The SMILES string of the molecule is CCCCC(C)COc1ccc(/C=C/C(=O)OC2CCC(NC(=O)C(C)(C)CC)CC2)cc1. The van der Waals surface area contributed by atoms with Gasteiger partial charge in [-0.05, 0) is 68.2 Å². The van der Waals surface area contributed by atoms with E-state index in [2.05, 4.69) is 19.2 Å². The van der Waals surface area contributed by atoms with Gasteiger partial charge in [0.25, 0.3) is 0 Å². The van der Waals surface area contributed by atoms with Crippen molar-refractivity contribution in [1.29, 1.82) is 0 Å². The maximum atomic E-state index is 12.4. The highest BCUT2D eigenvalue weighted by Gasteiger charge is 2.30. The van der Waals surface area contributed by atoms with Crippen LogP contribution in [-0.4, -0.2) is 30.6 Å². The van der Waals surface area contributed by atoms with Crippen LogP contribution in [0.1, 0.15) is 91.5 Å². The standard InChI is InChI=1S/C28H43NO4/c1-6-8-9-21(3)20-32-24-15-10-22(11-16-24)12-19-26(30)33-25-17-13-23(14-18-25)29-27(31)28(4,5)7-2/h10-12,15-16,19,21,23,25H,6-9,13-14,17-18,20H2,1-5H3,(H,29,31)/b19-12+. The number of nitrogens with one attached hydrogen (secondary N) is 1. The zero-order chi connectivity index (χ0) is 24.3. The number of hydrogen-bond donors (Lipinski definition) is 1. The first-order valence-electron chi connectivity index (χ1n) is 12.7. The highest BCUT2D eigenvalue weighted by atomic mass is 16.5. The zero-order valence-corrected chi connectivity index (χ0v) is 21.2. The molecule has 1 aliphatic carbocycles. The first kappa shape index (κ1) is 26.9. The van der Waals surface area contributed by atoms with Crippen LogP contribution >= 0.6 is 0 Å². The fourth-order valence-electron chi connectivity index (χ4n) is 3.78. The molecule has 2 rings (SSSR count). The van der Waals surface area contributed by atoms with Gasteiger partial charge >= 0.3 is 5.97 Å². The minimum absolute atomic E-state index is 0.0834. The quantitative estimate of drug-likeness (QED) is 0.295. The van der Waals surface area contributed by atoms with E-state index in [-0.39, 0.29) is 29.4 Å². The molecule has 1 amide bonds. The van der Waals surface area contributed by atoms with Gasteiger partial charge in [0.15, 0.2) is 0 Å². The van der Waals surface area contributed by atoms with E-state index >= 15 is 0 Å². The molecule has 184 valence electrons. The Labute approximate surface area is 200 Å². The fourth-order valence-corrected chi connectivity index (χ4v) is 3.78. The fraction of sp³-hybridized carbons (Fsp3) is 0.643. The molecule has 1 aromatic rings. The molecular weight excluding hydrogens is 414 g/mol. The van der Waals surface area contributed by atoms with Crippen LogP contribution in [0.5, 0.6) is 5.75 Å². The number of benzene rings is 1. The van der Waals surface area contributed by atoms with Crippen molar-refractivity contribution in [3.8, 4) is 5.75 Å². The predicted molar refractivity (Wildman–Crippen MR) is 134 cm³/mol. The average Bonchev–Trinajstić information content (AvgIpc) is 2.81. The lowest BCUT2D eigenvalue weighted by molar-refractivity contribution is -0.145. The summed E-state index contributed by atoms with van der Waals surface area (Å²) in [5, 5.41) is 3.16. The molecular formula is C28H43NO4. The monoisotopic (exact) mass is 457 g/mol. The molecule has 33 heavy (non-hydrogen) atoms. The molecule has 1 atom stereocenters. The number of esters is 1. The molecule has 1 aliphatic rings. The van der Waals surface area contributed by atoms with Crippen molar-refractivity contribution in [2.75, 3.05) is 6.61 Å². The molecule has 0 saturated heterocycles. The molecule has 0 heterocycles. The molecule has 1 aromatic carbocycles. The molecule has 0 bridgehead atoms. The molecule has 1 fully saturated rings. The molecule has 0 spiro atoms. The number of unbranched alkanes of at least 4 members (excludes halogenated alkanes) is 1. The van der Waals surface area contributed by atoms with Crippen molar-refractivity contribution >= 4 is 18.0 Å². The lowest BCUT2D eigenvalue weighted by Gasteiger charge is -2.31. The Balaban J connectivity index is 1.71. The first-order chi connectivity index (χ1) is 15.7. The second kappa shape index (κ2) is 13.4. The summed E-state index contributed by atoms with van der Waals surface area (Å²) in [6.45, 7) is 11.1. The Bertz CT molecular complexity index is 761. The zero-order valence-electron chi connectivity index (χ0n) is 21.2. The van der Waals surface area contributed by atoms with Crippen LogP contribution in [-0.2, 0) is 14.3 Å². The second-order valence-corrected chi connectivity index (χ2v) is 10.1. The van der Waals surface area contributed by atoms with Crippen LogP contribution in [0.2, 0.25) is 0 Å². The smallest absolute Gasteiger partial charge is 0.331 e. The molecule has 5 heteroatoms. The van der Waals surface area contributed by atoms with E-state index in [1.807, 2.05) is 45.0 Å². The summed E-state index contributed by atoms with van der Waals surface area (Å²) in [5.41, 5.74) is 0.592. The van der Waals surface area contributed by atoms with Gasteiger partial charge in [-0.2, -0.15) is 0 Å². The van der Waals surface area contributed by atoms with E-state index < -0.39 is 0 Å². The van der Waals surface area contributed by atoms with E-state index in [1.165, 1.54) is 25.3 Å². The third-order valence-corrected chi connectivity index (χ3v) is 6.67. The van der Waals surface area contributed by atoms with Gasteiger partial charge in [0, 0.05) is 17.5 Å². The first-order valence-corrected chi connectivity index (χ1v) is 12.7. The summed E-state index contributed by atoms with van der Waals surface area (Å²) in [6, 6.07) is 7.94. The van der Waals surface area contributed by atoms with E-state index in [0.717, 1.165) is 50.0 Å². The van der Waals surface area contributed by atoms with Crippen molar-refractivity contribution in [2.45, 2.75) is 98.1 Å². The van der Waals surface area contributed by atoms with Crippen LogP contribution in [0, 0.1) is 11.3 Å². The van der Waals surface area contributed by atoms with Crippen molar-refractivity contribution < 1.29 is 19.1 Å². The van der Waals surface area contributed by atoms with E-state index in [9.17, 15) is 9.59 Å². The predicted octanol–water partition coefficient (Wildman–Crippen LogP) is 6.31. The number of ether oxygens (including phenoxy) is 2. The number of amides is 1. The van der Waals surface area contributed by atoms with Gasteiger partial charge in [0.1, 0.15) is 11.9 Å². The topological polar surface area (TPSA) is 64.6 Å². The van der Waals surface area contributed by atoms with Gasteiger partial charge in [-0.25, -0.2) is 4.79 Å². The van der Waals surface area contributed by atoms with Gasteiger partial charge in [-0.15, -0.1) is 0 Å². The normalized spacial score (nSPS) is 19.8. The Morgan fingerprint density at radius 1 is 1.12 bits per heavy atom. The van der Waals surface area contributed by atoms with Crippen molar-refractivity contribution in [3.63, 3.8) is 0 Å². The van der Waals surface area contributed by atoms with Crippen LogP contribution in [0.15, 0.2) is 30.3 Å². The number of rotatable bonds is 12. The summed E-state index contributed by atoms with van der Waals surface area (Å²) in [4.78, 5) is 24.6. The Hall–Kier alpha value is -2.30. The van der Waals surface area contributed by atoms with Gasteiger partial charge < -0.3 is 14.8 Å². The van der Waals surface area contributed by atoms with Gasteiger partial charge in [-0.1, -0.05) is 59.6 Å². The highest BCUT2D eigenvalue weighted by molar-refractivity contribution is 5.87. The number of carbonyl (C=O) groups excluding carboxylic acids is 2. The molecule has 5 nitrogen and oxygen atoms in total.